The molecule has 0 radical (unpaired) electrons. The molecular weight excluding hydrogens is 611 g/mol. The van der Waals surface area contributed by atoms with Gasteiger partial charge in [0.05, 0.1) is 32.8 Å². The number of aldehydes is 1. The van der Waals surface area contributed by atoms with Crippen molar-refractivity contribution >= 4 is 29.1 Å². The van der Waals surface area contributed by atoms with Crippen LogP contribution in [0.15, 0.2) is 76.7 Å². The van der Waals surface area contributed by atoms with Crippen molar-refractivity contribution < 1.29 is 47.6 Å². The molecule has 4 atom stereocenters. The molecule has 0 unspecified atom stereocenters. The third-order valence-corrected chi connectivity index (χ3v) is 8.50. The van der Waals surface area contributed by atoms with Crippen molar-refractivity contribution in [1.29, 1.82) is 0 Å². The first-order chi connectivity index (χ1) is 22.8. The van der Waals surface area contributed by atoms with E-state index in [1.165, 1.54) is 43.4 Å². The van der Waals surface area contributed by atoms with E-state index >= 15 is 0 Å². The van der Waals surface area contributed by atoms with Gasteiger partial charge in [0.15, 0.2) is 28.6 Å². The number of para-hydroxylation sites is 1. The van der Waals surface area contributed by atoms with Gasteiger partial charge < -0.3 is 39.1 Å². The van der Waals surface area contributed by atoms with Gasteiger partial charge in [0, 0.05) is 35.2 Å². The quantitative estimate of drug-likeness (QED) is 0.209. The zero-order valence-electron chi connectivity index (χ0n) is 25.6. The highest BCUT2D eigenvalue weighted by Gasteiger charge is 2.51. The lowest BCUT2D eigenvalue weighted by atomic mass is 9.77. The number of furan rings is 1. The second-order valence-corrected chi connectivity index (χ2v) is 11.3. The zero-order chi connectivity index (χ0) is 33.2. The van der Waals surface area contributed by atoms with E-state index in [9.17, 15) is 29.0 Å². The molecule has 2 amide bonds. The van der Waals surface area contributed by atoms with E-state index in [4.69, 9.17) is 18.6 Å². The monoisotopic (exact) mass is 644 g/mol. The number of hydrogen-bond acceptors (Lipinski definition) is 9. The number of carbonyl (C=O) groups is 3. The van der Waals surface area contributed by atoms with Crippen LogP contribution in [0.1, 0.15) is 38.0 Å². The summed E-state index contributed by atoms with van der Waals surface area (Å²) in [5.41, 5.74) is 1.88. The molecule has 3 aromatic carbocycles. The molecule has 3 N–H and O–H groups in total. The maximum Gasteiger partial charge on any atom is 0.290 e. The zero-order valence-corrected chi connectivity index (χ0v) is 25.6. The van der Waals surface area contributed by atoms with Gasteiger partial charge in [-0.3, -0.25) is 14.4 Å². The standard InChI is InChI=1S/C35H33FN2O9/c1-44-26-8-4-6-21-16-28(46-31(21)26)35(43)38(11-9-19-5-3-7-22(36)13-19)25-17-24(34(42)37-10-12-39)29-23-14-20(18-40)15-27(45-2)32(23)47-33(29)30(25)41/h3-8,13-18,25,29-30,33,39,41H,9-12H2,1-2H3,(H,37,42)/t25-,29+,30+,33+/m1/s1. The number of aliphatic hydroxyl groups is 2. The number of hydrogen-bond donors (Lipinski definition) is 3. The second kappa shape index (κ2) is 13.3. The molecule has 0 spiro atoms. The third-order valence-electron chi connectivity index (χ3n) is 8.50. The number of fused-ring (bicyclic) bond motifs is 4. The number of nitrogens with zero attached hydrogens (tertiary/aromatic N) is 1. The van der Waals surface area contributed by atoms with Gasteiger partial charge in [0.2, 0.25) is 5.91 Å². The molecule has 47 heavy (non-hydrogen) atoms. The number of halogens is 1. The van der Waals surface area contributed by atoms with E-state index < -0.39 is 41.8 Å². The Morgan fingerprint density at radius 3 is 2.57 bits per heavy atom. The van der Waals surface area contributed by atoms with E-state index in [-0.39, 0.29) is 54.5 Å². The number of ether oxygens (including phenoxy) is 3. The van der Waals surface area contributed by atoms with Crippen LogP contribution in [0, 0.1) is 5.82 Å². The largest absolute Gasteiger partial charge is 0.493 e. The number of rotatable bonds is 11. The lowest BCUT2D eigenvalue weighted by Crippen LogP contribution is -2.56. The molecule has 1 aliphatic heterocycles. The van der Waals surface area contributed by atoms with Crippen LogP contribution < -0.4 is 19.5 Å². The molecular formula is C35H33FN2O9. The second-order valence-electron chi connectivity index (χ2n) is 11.3. The molecule has 1 aliphatic carbocycles. The van der Waals surface area contributed by atoms with Crippen LogP contribution in [-0.2, 0) is 11.2 Å². The molecule has 244 valence electrons. The van der Waals surface area contributed by atoms with Gasteiger partial charge in [-0.15, -0.1) is 0 Å². The van der Waals surface area contributed by atoms with Gasteiger partial charge in [0.25, 0.3) is 5.91 Å². The van der Waals surface area contributed by atoms with E-state index in [0.29, 0.717) is 34.1 Å². The van der Waals surface area contributed by atoms with Crippen LogP contribution >= 0.6 is 0 Å². The number of nitrogens with one attached hydrogen (secondary N) is 1. The van der Waals surface area contributed by atoms with Crippen molar-refractivity contribution in [2.75, 3.05) is 33.9 Å². The van der Waals surface area contributed by atoms with Gasteiger partial charge in [-0.05, 0) is 54.5 Å². The number of aliphatic hydroxyl groups excluding tert-OH is 2. The minimum absolute atomic E-state index is 0.00315. The van der Waals surface area contributed by atoms with Crippen LogP contribution in [0.25, 0.3) is 11.0 Å². The number of carbonyl (C=O) groups excluding carboxylic acids is 3. The minimum Gasteiger partial charge on any atom is -0.493 e. The van der Waals surface area contributed by atoms with E-state index in [0.717, 1.165) is 0 Å². The predicted octanol–water partition coefficient (Wildman–Crippen LogP) is 3.41. The molecule has 1 aromatic heterocycles. The van der Waals surface area contributed by atoms with Crippen LogP contribution in [-0.4, -0.2) is 85.4 Å². The predicted molar refractivity (Wildman–Crippen MR) is 167 cm³/mol. The maximum absolute atomic E-state index is 14.3. The Hall–Kier alpha value is -5.20. The fourth-order valence-electron chi connectivity index (χ4n) is 6.33. The Kier molecular flexibility index (Phi) is 8.97. The maximum atomic E-state index is 14.3. The van der Waals surface area contributed by atoms with Crippen molar-refractivity contribution in [2.45, 2.75) is 30.6 Å². The van der Waals surface area contributed by atoms with Crippen molar-refractivity contribution in [2.24, 2.45) is 0 Å². The summed E-state index contributed by atoms with van der Waals surface area (Å²) in [5.74, 6) is -1.52. The highest BCUT2D eigenvalue weighted by molar-refractivity contribution is 5.99. The summed E-state index contributed by atoms with van der Waals surface area (Å²) >= 11 is 0. The van der Waals surface area contributed by atoms with Crippen molar-refractivity contribution in [3.05, 3.63) is 101 Å². The summed E-state index contributed by atoms with van der Waals surface area (Å²) in [7, 11) is 2.90. The Morgan fingerprint density at radius 1 is 1.06 bits per heavy atom. The van der Waals surface area contributed by atoms with E-state index in [1.807, 2.05) is 0 Å². The molecule has 0 bridgehead atoms. The molecule has 0 fully saturated rings. The Balaban J connectivity index is 1.46. The SMILES string of the molecule is COc1cc(C=O)cc2c1O[C@@H]1[C@@H](O)[C@H](N(CCc3cccc(F)c3)C(=O)c3cc4cccc(OC)c4o3)C=C(C(=O)NCCO)[C@H]21. The van der Waals surface area contributed by atoms with Crippen molar-refractivity contribution in [3.8, 4) is 17.2 Å². The number of methoxy groups -OCH3 is 2. The van der Waals surface area contributed by atoms with Gasteiger partial charge in [-0.2, -0.15) is 0 Å². The van der Waals surface area contributed by atoms with Crippen LogP contribution in [0.5, 0.6) is 17.2 Å². The Bertz CT molecular complexity index is 1870. The number of amides is 2. The molecule has 0 saturated heterocycles. The molecule has 2 aliphatic rings. The highest BCUT2D eigenvalue weighted by atomic mass is 19.1. The summed E-state index contributed by atoms with van der Waals surface area (Å²) in [4.78, 5) is 41.1. The summed E-state index contributed by atoms with van der Waals surface area (Å²) < 4.78 is 37.2. The molecule has 12 heteroatoms. The average Bonchev–Trinajstić information content (AvgIpc) is 3.70. The summed E-state index contributed by atoms with van der Waals surface area (Å²) in [6, 6.07) is 14.7. The lowest BCUT2D eigenvalue weighted by Gasteiger charge is -2.40. The van der Waals surface area contributed by atoms with Gasteiger partial charge in [-0.25, -0.2) is 4.39 Å². The van der Waals surface area contributed by atoms with Crippen LogP contribution in [0.4, 0.5) is 4.39 Å². The smallest absolute Gasteiger partial charge is 0.290 e. The number of benzene rings is 3. The van der Waals surface area contributed by atoms with Crippen molar-refractivity contribution in [1.82, 2.24) is 10.2 Å². The minimum atomic E-state index is -1.37. The fourth-order valence-corrected chi connectivity index (χ4v) is 6.33. The first kappa shape index (κ1) is 31.8. The van der Waals surface area contributed by atoms with Gasteiger partial charge >= 0.3 is 0 Å². The normalized spacial score (nSPS) is 19.6. The van der Waals surface area contributed by atoms with E-state index in [2.05, 4.69) is 5.32 Å². The first-order valence-corrected chi connectivity index (χ1v) is 15.0. The third kappa shape index (κ3) is 5.93. The average molecular weight is 645 g/mol. The Morgan fingerprint density at radius 2 is 1.85 bits per heavy atom. The topological polar surface area (TPSA) is 148 Å². The fraction of sp³-hybridized carbons (Fsp3) is 0.286. The van der Waals surface area contributed by atoms with Gasteiger partial charge in [0.1, 0.15) is 24.3 Å². The molecule has 2 heterocycles. The molecule has 11 nitrogen and oxygen atoms in total. The highest BCUT2D eigenvalue weighted by Crippen LogP contribution is 2.51. The molecule has 0 saturated carbocycles. The molecule has 6 rings (SSSR count). The van der Waals surface area contributed by atoms with Gasteiger partial charge in [-0.1, -0.05) is 24.3 Å². The molecule has 4 aromatic rings. The summed E-state index contributed by atoms with van der Waals surface area (Å²) in [6.07, 6.45) is -0.0822. The lowest BCUT2D eigenvalue weighted by molar-refractivity contribution is -0.118. The Labute approximate surface area is 269 Å². The summed E-state index contributed by atoms with van der Waals surface area (Å²) in [6.45, 7) is -0.360. The van der Waals surface area contributed by atoms with Crippen LogP contribution in [0.3, 0.4) is 0 Å². The van der Waals surface area contributed by atoms with Crippen LogP contribution in [0.2, 0.25) is 0 Å². The summed E-state index contributed by atoms with van der Waals surface area (Å²) in [5, 5.41) is 24.6. The first-order valence-electron chi connectivity index (χ1n) is 15.0. The van der Waals surface area contributed by atoms with E-state index in [1.54, 1.807) is 42.5 Å². The van der Waals surface area contributed by atoms with Crippen molar-refractivity contribution in [3.63, 3.8) is 0 Å².